The van der Waals surface area contributed by atoms with Gasteiger partial charge in [0.1, 0.15) is 5.82 Å². The first-order valence-corrected chi connectivity index (χ1v) is 7.89. The maximum Gasteiger partial charge on any atom is 0.292 e. The maximum atomic E-state index is 12.0. The van der Waals surface area contributed by atoms with Crippen molar-refractivity contribution in [2.75, 3.05) is 24.5 Å². The van der Waals surface area contributed by atoms with Gasteiger partial charge >= 0.3 is 0 Å². The van der Waals surface area contributed by atoms with Crippen molar-refractivity contribution in [3.8, 4) is 0 Å². The van der Waals surface area contributed by atoms with Crippen LogP contribution in [0.5, 0.6) is 0 Å². The molecule has 0 aliphatic carbocycles. The first kappa shape index (κ1) is 16.5. The van der Waals surface area contributed by atoms with E-state index in [1.807, 2.05) is 12.1 Å². The van der Waals surface area contributed by atoms with E-state index in [0.29, 0.717) is 12.1 Å². The molecule has 120 valence electrons. The summed E-state index contributed by atoms with van der Waals surface area (Å²) in [4.78, 5) is 30.0. The van der Waals surface area contributed by atoms with Gasteiger partial charge in [-0.25, -0.2) is 0 Å². The number of likely N-dealkylation sites (tertiary alicyclic amines) is 1. The van der Waals surface area contributed by atoms with E-state index in [2.05, 4.69) is 29.8 Å². The minimum absolute atomic E-state index is 0.0936. The van der Waals surface area contributed by atoms with E-state index < -0.39 is 5.91 Å². The van der Waals surface area contributed by atoms with Crippen LogP contribution in [0.4, 0.5) is 5.82 Å². The number of hydrogen-bond donors (Lipinski definition) is 1. The van der Waals surface area contributed by atoms with Gasteiger partial charge in [-0.15, -0.1) is 0 Å². The van der Waals surface area contributed by atoms with E-state index in [-0.39, 0.29) is 6.04 Å². The smallest absolute Gasteiger partial charge is 0.292 e. The van der Waals surface area contributed by atoms with Crippen molar-refractivity contribution in [1.82, 2.24) is 9.88 Å². The van der Waals surface area contributed by atoms with Crippen molar-refractivity contribution in [3.05, 3.63) is 30.0 Å². The van der Waals surface area contributed by atoms with Gasteiger partial charge in [-0.2, -0.15) is 0 Å². The molecule has 0 atom stereocenters. The van der Waals surface area contributed by atoms with Gasteiger partial charge in [0.15, 0.2) is 0 Å². The fourth-order valence-corrected chi connectivity index (χ4v) is 2.96. The molecule has 1 aliphatic heterocycles. The van der Waals surface area contributed by atoms with Crippen LogP contribution in [0.1, 0.15) is 33.1 Å². The minimum Gasteiger partial charge on any atom is -0.348 e. The third-order valence-electron chi connectivity index (χ3n) is 4.10. The van der Waals surface area contributed by atoms with Gasteiger partial charge in [0, 0.05) is 31.9 Å². The summed E-state index contributed by atoms with van der Waals surface area (Å²) in [5, 5.41) is 0. The number of aldehydes is 1. The zero-order chi connectivity index (χ0) is 15.9. The highest BCUT2D eigenvalue weighted by Crippen LogP contribution is 2.22. The summed E-state index contributed by atoms with van der Waals surface area (Å²) in [6, 6.07) is 3.77. The summed E-state index contributed by atoms with van der Waals surface area (Å²) in [5.74, 6) is 0.241. The van der Waals surface area contributed by atoms with E-state index in [1.54, 1.807) is 11.1 Å². The fraction of sp³-hybridized carbons (Fsp3) is 0.529. The van der Waals surface area contributed by atoms with E-state index in [4.69, 9.17) is 0 Å². The lowest BCUT2D eigenvalue weighted by Gasteiger charge is -2.37. The molecule has 1 aliphatic rings. The van der Waals surface area contributed by atoms with Crippen molar-refractivity contribution >= 4 is 18.0 Å². The van der Waals surface area contributed by atoms with Crippen molar-refractivity contribution in [3.63, 3.8) is 0 Å². The molecule has 0 spiro atoms. The van der Waals surface area contributed by atoms with Crippen LogP contribution in [0.2, 0.25) is 0 Å². The predicted molar refractivity (Wildman–Crippen MR) is 87.9 cm³/mol. The van der Waals surface area contributed by atoms with Gasteiger partial charge in [0.2, 0.25) is 6.29 Å². The lowest BCUT2D eigenvalue weighted by molar-refractivity contribution is -0.130. The lowest BCUT2D eigenvalue weighted by Crippen LogP contribution is -2.48. The molecule has 1 amide bonds. The number of aromatic nitrogens is 1. The molecular weight excluding hydrogens is 278 g/mol. The largest absolute Gasteiger partial charge is 0.348 e. The summed E-state index contributed by atoms with van der Waals surface area (Å²) in [7, 11) is 0. The molecule has 1 fully saturated rings. The fourth-order valence-electron chi connectivity index (χ4n) is 2.96. The van der Waals surface area contributed by atoms with Gasteiger partial charge in [-0.05, 0) is 45.2 Å². The quantitative estimate of drug-likeness (QED) is 0.499. The Kier molecular flexibility index (Phi) is 5.95. The van der Waals surface area contributed by atoms with Crippen LogP contribution < -0.4 is 4.90 Å². The number of carbonyl (C=O) groups is 2. The zero-order valence-corrected chi connectivity index (χ0v) is 13.4. The highest BCUT2D eigenvalue weighted by atomic mass is 16.2. The number of anilines is 1. The lowest BCUT2D eigenvalue weighted by atomic mass is 10.0. The minimum atomic E-state index is -0.467. The number of piperidine rings is 1. The number of allylic oxidation sites excluding steroid dienone is 1. The molecule has 0 bridgehead atoms. The number of aromatic amines is 1. The standard InChI is InChI=1S/C17H25N3O2/c1-14(2)5-4-10-19-11-7-15(8-12-19)20(17(22)13-21)16-6-3-9-18-16/h3,5-6,9,13,15,18H,4,7-8,10-12H2,1-2H3. The average Bonchev–Trinajstić information content (AvgIpc) is 3.02. The molecule has 0 unspecified atom stereocenters. The Labute approximate surface area is 132 Å². The van der Waals surface area contributed by atoms with E-state index in [9.17, 15) is 9.59 Å². The number of amides is 1. The summed E-state index contributed by atoms with van der Waals surface area (Å²) in [5.41, 5.74) is 1.35. The van der Waals surface area contributed by atoms with Crippen LogP contribution >= 0.6 is 0 Å². The van der Waals surface area contributed by atoms with Gasteiger partial charge in [0.25, 0.3) is 5.91 Å². The Morgan fingerprint density at radius 2 is 2.14 bits per heavy atom. The van der Waals surface area contributed by atoms with Gasteiger partial charge in [0.05, 0.1) is 0 Å². The number of rotatable bonds is 6. The molecule has 1 saturated heterocycles. The normalized spacial score (nSPS) is 16.3. The number of nitrogens with one attached hydrogen (secondary N) is 1. The van der Waals surface area contributed by atoms with Crippen molar-refractivity contribution in [2.24, 2.45) is 0 Å². The Bertz CT molecular complexity index is 510. The molecule has 1 N–H and O–H groups in total. The van der Waals surface area contributed by atoms with E-state index in [1.165, 1.54) is 5.57 Å². The van der Waals surface area contributed by atoms with Crippen LogP contribution in [0.15, 0.2) is 30.0 Å². The summed E-state index contributed by atoms with van der Waals surface area (Å²) < 4.78 is 0. The van der Waals surface area contributed by atoms with E-state index in [0.717, 1.165) is 38.9 Å². The molecule has 1 aromatic rings. The Morgan fingerprint density at radius 1 is 1.41 bits per heavy atom. The molecule has 0 saturated carbocycles. The van der Waals surface area contributed by atoms with E-state index >= 15 is 0 Å². The van der Waals surface area contributed by atoms with Crippen LogP contribution in [0, 0.1) is 0 Å². The summed E-state index contributed by atoms with van der Waals surface area (Å²) in [6.45, 7) is 7.22. The highest BCUT2D eigenvalue weighted by Gasteiger charge is 2.29. The van der Waals surface area contributed by atoms with Crippen molar-refractivity contribution in [2.45, 2.75) is 39.2 Å². The van der Waals surface area contributed by atoms with Crippen LogP contribution in [-0.4, -0.2) is 47.8 Å². The van der Waals surface area contributed by atoms with Gasteiger partial charge < -0.3 is 9.88 Å². The maximum absolute atomic E-state index is 12.0. The summed E-state index contributed by atoms with van der Waals surface area (Å²) >= 11 is 0. The Hall–Kier alpha value is -1.88. The van der Waals surface area contributed by atoms with Crippen LogP contribution in [-0.2, 0) is 9.59 Å². The molecule has 2 heterocycles. The summed E-state index contributed by atoms with van der Waals surface area (Å²) in [6.07, 6.45) is 7.30. The van der Waals surface area contributed by atoms with Crippen molar-refractivity contribution in [1.29, 1.82) is 0 Å². The predicted octanol–water partition coefficient (Wildman–Crippen LogP) is 2.37. The number of nitrogens with zero attached hydrogens (tertiary/aromatic N) is 2. The second-order valence-corrected chi connectivity index (χ2v) is 6.02. The molecule has 0 radical (unpaired) electrons. The Morgan fingerprint density at radius 3 is 2.68 bits per heavy atom. The van der Waals surface area contributed by atoms with Crippen LogP contribution in [0.3, 0.4) is 0 Å². The zero-order valence-electron chi connectivity index (χ0n) is 13.4. The van der Waals surface area contributed by atoms with Gasteiger partial charge in [-0.1, -0.05) is 11.6 Å². The molecule has 5 heteroatoms. The van der Waals surface area contributed by atoms with Crippen molar-refractivity contribution < 1.29 is 9.59 Å². The highest BCUT2D eigenvalue weighted by molar-refractivity contribution is 6.30. The molecule has 0 aromatic carbocycles. The molecule has 22 heavy (non-hydrogen) atoms. The first-order valence-electron chi connectivity index (χ1n) is 7.89. The first-order chi connectivity index (χ1) is 10.6. The number of hydrogen-bond acceptors (Lipinski definition) is 3. The second-order valence-electron chi connectivity index (χ2n) is 6.02. The van der Waals surface area contributed by atoms with Gasteiger partial charge in [-0.3, -0.25) is 14.5 Å². The molecule has 1 aromatic heterocycles. The molecule has 5 nitrogen and oxygen atoms in total. The monoisotopic (exact) mass is 303 g/mol. The third-order valence-corrected chi connectivity index (χ3v) is 4.10. The third kappa shape index (κ3) is 4.31. The number of carbonyl (C=O) groups excluding carboxylic acids is 2. The SMILES string of the molecule is CC(C)=CCCN1CCC(N(C(=O)C=O)c2ccc[nH]2)CC1. The Balaban J connectivity index is 1.92. The topological polar surface area (TPSA) is 56.4 Å². The number of H-pyrrole nitrogens is 1. The molecular formula is C17H25N3O2. The molecule has 2 rings (SSSR count). The van der Waals surface area contributed by atoms with Crippen LogP contribution in [0.25, 0.3) is 0 Å². The second kappa shape index (κ2) is 7.94. The average molecular weight is 303 g/mol.